The molecule has 0 radical (unpaired) electrons. The molecule has 0 aliphatic carbocycles. The first-order chi connectivity index (χ1) is 12.8. The highest BCUT2D eigenvalue weighted by molar-refractivity contribution is 6.43. The van der Waals surface area contributed by atoms with Crippen molar-refractivity contribution in [1.29, 1.82) is 5.26 Å². The molecule has 1 fully saturated rings. The predicted octanol–water partition coefficient (Wildman–Crippen LogP) is 0.0445. The molecule has 0 aromatic heterocycles. The first-order valence-electron chi connectivity index (χ1n) is 8.51. The minimum Gasteiger partial charge on any atom is -0.441 e. The fourth-order valence-corrected chi connectivity index (χ4v) is 2.78. The molecule has 0 bridgehead atoms. The van der Waals surface area contributed by atoms with Gasteiger partial charge >= 0.3 is 13.2 Å². The van der Waals surface area contributed by atoms with Crippen LogP contribution in [0.3, 0.4) is 0 Å². The zero-order chi connectivity index (χ0) is 20.0. The maximum atomic E-state index is 14.1. The van der Waals surface area contributed by atoms with Crippen LogP contribution < -0.4 is 5.32 Å². The lowest BCUT2D eigenvalue weighted by Crippen LogP contribution is -2.49. The molecule has 1 aliphatic heterocycles. The number of benzene rings is 1. The molecule has 10 heteroatoms. The minimum atomic E-state index is -1.84. The van der Waals surface area contributed by atoms with Crippen LogP contribution in [0, 0.1) is 17.2 Å². The van der Waals surface area contributed by atoms with Crippen molar-refractivity contribution in [2.45, 2.75) is 31.6 Å². The van der Waals surface area contributed by atoms with E-state index in [1.807, 2.05) is 0 Å². The van der Waals surface area contributed by atoms with E-state index in [1.165, 1.54) is 6.92 Å². The molecular weight excluding hydrogens is 356 g/mol. The Kier molecular flexibility index (Phi) is 7.16. The molecular formula is C17H21BFN3O5. The molecule has 1 unspecified atom stereocenters. The molecule has 1 aliphatic rings. The lowest BCUT2D eigenvalue weighted by molar-refractivity contribution is -0.132. The molecule has 8 nitrogen and oxygen atoms in total. The van der Waals surface area contributed by atoms with E-state index in [4.69, 9.17) is 10.00 Å². The first-order valence-corrected chi connectivity index (χ1v) is 8.51. The third-order valence-corrected chi connectivity index (χ3v) is 4.29. The predicted molar refractivity (Wildman–Crippen MR) is 93.8 cm³/mol. The maximum Gasteiger partial charge on any atom is 0.475 e. The molecule has 2 amide bonds. The second kappa shape index (κ2) is 9.34. The second-order valence-corrected chi connectivity index (χ2v) is 6.41. The van der Waals surface area contributed by atoms with Crippen molar-refractivity contribution in [2.24, 2.45) is 5.92 Å². The van der Waals surface area contributed by atoms with Gasteiger partial charge in [-0.1, -0.05) is 30.3 Å². The van der Waals surface area contributed by atoms with Crippen molar-refractivity contribution >= 4 is 19.1 Å². The minimum absolute atomic E-state index is 0.140. The Hall–Kier alpha value is -2.64. The van der Waals surface area contributed by atoms with E-state index in [2.05, 4.69) is 5.32 Å². The first kappa shape index (κ1) is 20.7. The van der Waals surface area contributed by atoms with Gasteiger partial charge in [0.25, 0.3) is 0 Å². The van der Waals surface area contributed by atoms with Crippen LogP contribution >= 0.6 is 0 Å². The number of carbonyl (C=O) groups is 2. The topological polar surface area (TPSA) is 123 Å². The van der Waals surface area contributed by atoms with E-state index < -0.39 is 43.3 Å². The van der Waals surface area contributed by atoms with Crippen LogP contribution in [0.1, 0.15) is 12.5 Å². The average molecular weight is 377 g/mol. The molecule has 144 valence electrons. The summed E-state index contributed by atoms with van der Waals surface area (Å²) in [4.78, 5) is 25.1. The quantitative estimate of drug-likeness (QED) is 0.602. The van der Waals surface area contributed by atoms with Crippen LogP contribution in [0.2, 0.25) is 0 Å². The molecule has 2 rings (SSSR count). The highest BCUT2D eigenvalue weighted by Gasteiger charge is 2.40. The zero-order valence-electron chi connectivity index (χ0n) is 14.8. The number of rotatable bonds is 6. The zero-order valence-corrected chi connectivity index (χ0v) is 14.8. The fraction of sp³-hybridized carbons (Fsp3) is 0.471. The summed E-state index contributed by atoms with van der Waals surface area (Å²) >= 11 is 0. The van der Waals surface area contributed by atoms with Crippen molar-refractivity contribution in [3.63, 3.8) is 0 Å². The van der Waals surface area contributed by atoms with Crippen molar-refractivity contribution in [1.82, 2.24) is 10.2 Å². The molecule has 3 N–H and O–H groups in total. The van der Waals surface area contributed by atoms with Gasteiger partial charge < -0.3 is 25.0 Å². The number of hydrogen-bond acceptors (Lipinski definition) is 6. The lowest BCUT2D eigenvalue weighted by Gasteiger charge is -2.20. The Labute approximate surface area is 156 Å². The van der Waals surface area contributed by atoms with Gasteiger partial charge in [-0.15, -0.1) is 0 Å². The second-order valence-electron chi connectivity index (χ2n) is 6.41. The molecule has 1 heterocycles. The maximum absolute atomic E-state index is 14.1. The van der Waals surface area contributed by atoms with E-state index in [0.29, 0.717) is 0 Å². The van der Waals surface area contributed by atoms with Gasteiger partial charge in [-0.2, -0.15) is 5.26 Å². The number of hydrogen-bond donors (Lipinski definition) is 3. The number of carbonyl (C=O) groups excluding carboxylic acids is 2. The van der Waals surface area contributed by atoms with E-state index >= 15 is 0 Å². The van der Waals surface area contributed by atoms with Crippen LogP contribution in [0.25, 0.3) is 0 Å². The van der Waals surface area contributed by atoms with Gasteiger partial charge in [-0.25, -0.2) is 9.18 Å². The molecule has 1 saturated heterocycles. The van der Waals surface area contributed by atoms with Crippen LogP contribution in [0.4, 0.5) is 9.18 Å². The standard InChI is InChI=1S/C17H21BFN3O5/c1-11(8-20)16(23)22-9-13(19)14(10-22)27-17(24)21-15(18(25)26)7-12-5-3-2-4-6-12/h2-6,11,13-15,25-26H,7,9-10H2,1H3,(H,21,24)/t11?,13-,14+,15-/m0/s1. The molecule has 1 aromatic carbocycles. The largest absolute Gasteiger partial charge is 0.475 e. The fourth-order valence-electron chi connectivity index (χ4n) is 2.78. The van der Waals surface area contributed by atoms with Crippen molar-refractivity contribution < 1.29 is 28.8 Å². The number of nitrogens with one attached hydrogen (secondary N) is 1. The Balaban J connectivity index is 1.91. The number of halogens is 1. The summed E-state index contributed by atoms with van der Waals surface area (Å²) in [6, 6.07) is 10.7. The molecule has 0 saturated carbocycles. The number of alkyl halides is 1. The smallest absolute Gasteiger partial charge is 0.441 e. The molecule has 0 spiro atoms. The Morgan fingerprint density at radius 3 is 2.67 bits per heavy atom. The Morgan fingerprint density at radius 1 is 1.41 bits per heavy atom. The summed E-state index contributed by atoms with van der Waals surface area (Å²) < 4.78 is 19.1. The highest BCUT2D eigenvalue weighted by atomic mass is 19.1. The van der Waals surface area contributed by atoms with Crippen molar-refractivity contribution in [2.75, 3.05) is 13.1 Å². The number of ether oxygens (including phenoxy) is 1. The number of likely N-dealkylation sites (tertiary alicyclic amines) is 1. The number of amides is 2. The van der Waals surface area contributed by atoms with Gasteiger partial charge in [-0.3, -0.25) is 4.79 Å². The lowest BCUT2D eigenvalue weighted by atomic mass is 9.76. The van der Waals surface area contributed by atoms with E-state index in [1.54, 1.807) is 36.4 Å². The van der Waals surface area contributed by atoms with Crippen molar-refractivity contribution in [3.05, 3.63) is 35.9 Å². The Morgan fingerprint density at radius 2 is 2.07 bits per heavy atom. The average Bonchev–Trinajstić information content (AvgIpc) is 3.01. The van der Waals surface area contributed by atoms with E-state index in [-0.39, 0.29) is 19.5 Å². The normalized spacial score (nSPS) is 21.1. The number of nitriles is 1. The molecule has 1 aromatic rings. The third-order valence-electron chi connectivity index (χ3n) is 4.29. The number of alkyl carbamates (subject to hydrolysis) is 1. The van der Waals surface area contributed by atoms with Gasteiger partial charge in [0.15, 0.2) is 12.3 Å². The molecule has 27 heavy (non-hydrogen) atoms. The summed E-state index contributed by atoms with van der Waals surface area (Å²) in [5, 5.41) is 30.0. The van der Waals surface area contributed by atoms with Gasteiger partial charge in [0.05, 0.1) is 25.1 Å². The van der Waals surface area contributed by atoms with Crippen LogP contribution in [0.5, 0.6) is 0 Å². The third kappa shape index (κ3) is 5.67. The summed E-state index contributed by atoms with van der Waals surface area (Å²) in [5.74, 6) is -2.49. The number of nitrogens with zero attached hydrogens (tertiary/aromatic N) is 2. The van der Waals surface area contributed by atoms with E-state index in [0.717, 1.165) is 10.5 Å². The summed E-state index contributed by atoms with van der Waals surface area (Å²) in [6.07, 6.45) is -3.65. The summed E-state index contributed by atoms with van der Waals surface area (Å²) in [5.41, 5.74) is 0.766. The van der Waals surface area contributed by atoms with Gasteiger partial charge in [0, 0.05) is 0 Å². The van der Waals surface area contributed by atoms with Gasteiger partial charge in [0.2, 0.25) is 5.91 Å². The summed E-state index contributed by atoms with van der Waals surface area (Å²) in [7, 11) is -1.84. The molecule has 4 atom stereocenters. The van der Waals surface area contributed by atoms with E-state index in [9.17, 15) is 24.0 Å². The van der Waals surface area contributed by atoms with Gasteiger partial charge in [0.1, 0.15) is 5.92 Å². The highest BCUT2D eigenvalue weighted by Crippen LogP contribution is 2.19. The van der Waals surface area contributed by atoms with Crippen LogP contribution in [0.15, 0.2) is 30.3 Å². The van der Waals surface area contributed by atoms with Crippen LogP contribution in [-0.2, 0) is 16.0 Å². The van der Waals surface area contributed by atoms with Gasteiger partial charge in [-0.05, 0) is 18.9 Å². The van der Waals surface area contributed by atoms with Crippen molar-refractivity contribution in [3.8, 4) is 6.07 Å². The SMILES string of the molecule is CC(C#N)C(=O)N1C[C@H](F)[C@H](OC(=O)N[C@@H](Cc2ccccc2)B(O)O)C1. The monoisotopic (exact) mass is 377 g/mol. The summed E-state index contributed by atoms with van der Waals surface area (Å²) in [6.45, 7) is 0.983. The Bertz CT molecular complexity index is 700. The van der Waals surface area contributed by atoms with Crippen LogP contribution in [-0.4, -0.2) is 65.4 Å².